The van der Waals surface area contributed by atoms with Crippen molar-refractivity contribution < 1.29 is 0 Å². The van der Waals surface area contributed by atoms with Gasteiger partial charge in [-0.1, -0.05) is 0 Å². The number of hydrogen-bond donors (Lipinski definition) is 0. The summed E-state index contributed by atoms with van der Waals surface area (Å²) in [5, 5.41) is 2.28. The van der Waals surface area contributed by atoms with Crippen LogP contribution in [0.2, 0.25) is 29.6 Å². The van der Waals surface area contributed by atoms with E-state index in [4.69, 9.17) is 0 Å². The Labute approximate surface area is 241 Å². The fraction of sp³-hybridized carbons (Fsp3) is 0.613. The summed E-state index contributed by atoms with van der Waals surface area (Å²) in [5.41, 5.74) is 6.71. The van der Waals surface area contributed by atoms with Crippen molar-refractivity contribution in [3.63, 3.8) is 0 Å². The van der Waals surface area contributed by atoms with Gasteiger partial charge in [-0.2, -0.15) is 0 Å². The van der Waals surface area contributed by atoms with Gasteiger partial charge >= 0.3 is 244 Å². The van der Waals surface area contributed by atoms with Crippen molar-refractivity contribution in [2.45, 2.75) is 99.3 Å². The van der Waals surface area contributed by atoms with Crippen LogP contribution in [0, 0.1) is 0 Å². The first-order valence-electron chi connectivity index (χ1n) is 14.0. The molecule has 1 aliphatic rings. The van der Waals surface area contributed by atoms with E-state index in [1.54, 1.807) is 29.4 Å². The third kappa shape index (κ3) is 7.56. The molecule has 0 N–H and O–H groups in total. The van der Waals surface area contributed by atoms with Crippen LogP contribution in [0.5, 0.6) is 0 Å². The Morgan fingerprint density at radius 3 is 1.26 bits per heavy atom. The quantitative estimate of drug-likeness (QED) is 0.101. The minimum absolute atomic E-state index is 0.216. The van der Waals surface area contributed by atoms with Crippen LogP contribution in [-0.4, -0.2) is 47.4 Å². The number of benzene rings is 2. The van der Waals surface area contributed by atoms with E-state index in [1.165, 1.54) is 64.2 Å². The average molecular weight is 818 g/mol. The molecule has 1 aliphatic carbocycles. The van der Waals surface area contributed by atoms with Crippen molar-refractivity contribution >= 4 is 75.8 Å². The molecule has 0 fully saturated rings. The maximum atomic E-state index is 3.64. The predicted octanol–water partition coefficient (Wildman–Crippen LogP) is 9.73. The molecule has 4 heteroatoms. The standard InChI is InChI=1S/C25H30Br2.6CH3.2Sn/c26-19-11-3-1-9-17-25(18-10-2-4-12-20-27)23-15-7-5-13-21(23)22-14-6-8-16-24(22)25;;;;;;;;/h5-6,13-16H,1-4,9-12,17-20H2;6*1H3;;. The van der Waals surface area contributed by atoms with Gasteiger partial charge in [0.2, 0.25) is 0 Å². The van der Waals surface area contributed by atoms with Crippen LogP contribution < -0.4 is 7.16 Å². The first-order valence-corrected chi connectivity index (χ1v) is 36.2. The zero-order valence-corrected chi connectivity index (χ0v) is 32.1. The van der Waals surface area contributed by atoms with Gasteiger partial charge in [0, 0.05) is 0 Å². The molecule has 0 saturated heterocycles. The van der Waals surface area contributed by atoms with E-state index >= 15 is 0 Å². The van der Waals surface area contributed by atoms with Gasteiger partial charge in [0.25, 0.3) is 0 Å². The van der Waals surface area contributed by atoms with Crippen LogP contribution in [-0.2, 0) is 5.41 Å². The second kappa shape index (κ2) is 13.4. The summed E-state index contributed by atoms with van der Waals surface area (Å²) >= 11 is 2.92. The molecule has 3 rings (SSSR count). The molecule has 0 amide bonds. The molecule has 0 nitrogen and oxygen atoms in total. The van der Waals surface area contributed by atoms with E-state index in [2.05, 4.69) is 97.9 Å². The number of alkyl halides is 2. The zero-order valence-electron chi connectivity index (χ0n) is 23.2. The number of rotatable bonds is 14. The summed E-state index contributed by atoms with van der Waals surface area (Å²) in [6, 6.07) is 15.5. The van der Waals surface area contributed by atoms with Gasteiger partial charge in [0.05, 0.1) is 0 Å². The molecule has 0 aromatic heterocycles. The SMILES string of the molecule is [CH3][Sn]([CH3])([CH3])[c]1ccc2c(c1)C(CCCCCCBr)(CCCCCCBr)c1c[c]([Sn]([CH3])([CH3])[CH3])ccc1-2. The first-order chi connectivity index (χ1) is 16.5. The van der Waals surface area contributed by atoms with Crippen LogP contribution >= 0.6 is 31.9 Å². The fourth-order valence-corrected chi connectivity index (χ4v) is 13.3. The van der Waals surface area contributed by atoms with Crippen LogP contribution in [0.3, 0.4) is 0 Å². The molecule has 2 aromatic carbocycles. The maximum absolute atomic E-state index is 3.64. The van der Waals surface area contributed by atoms with E-state index in [9.17, 15) is 0 Å². The molecule has 0 radical (unpaired) electrons. The summed E-state index contributed by atoms with van der Waals surface area (Å²) < 4.78 is 3.40. The summed E-state index contributed by atoms with van der Waals surface area (Å²) in [5.74, 6) is 0. The van der Waals surface area contributed by atoms with Gasteiger partial charge < -0.3 is 0 Å². The summed E-state index contributed by atoms with van der Waals surface area (Å²) in [6.07, 6.45) is 13.4. The Morgan fingerprint density at radius 1 is 0.543 bits per heavy atom. The molecule has 0 bridgehead atoms. The van der Waals surface area contributed by atoms with Gasteiger partial charge in [-0.05, 0) is 0 Å². The van der Waals surface area contributed by atoms with E-state index in [1.807, 2.05) is 0 Å². The Kier molecular flexibility index (Phi) is 11.7. The van der Waals surface area contributed by atoms with Crippen LogP contribution in [0.1, 0.15) is 75.3 Å². The van der Waals surface area contributed by atoms with Crippen LogP contribution in [0.4, 0.5) is 0 Å². The fourth-order valence-electron chi connectivity index (χ4n) is 5.84. The number of halogens is 2. The zero-order chi connectivity index (χ0) is 25.7. The van der Waals surface area contributed by atoms with Crippen LogP contribution in [0.15, 0.2) is 36.4 Å². The second-order valence-corrected chi connectivity index (χ2v) is 43.4. The van der Waals surface area contributed by atoms with Crippen molar-refractivity contribution in [1.82, 2.24) is 0 Å². The van der Waals surface area contributed by atoms with Crippen molar-refractivity contribution in [2.75, 3.05) is 10.7 Å². The number of fused-ring (bicyclic) bond motifs is 3. The second-order valence-electron chi connectivity index (χ2n) is 12.8. The molecule has 0 saturated carbocycles. The molecule has 2 aromatic rings. The van der Waals surface area contributed by atoms with Gasteiger partial charge in [-0.25, -0.2) is 0 Å². The normalized spacial score (nSPS) is 14.7. The Hall–Kier alpha value is 0.997. The Bertz CT molecular complexity index is 889. The van der Waals surface area contributed by atoms with E-state index in [-0.39, 0.29) is 5.41 Å². The predicted molar refractivity (Wildman–Crippen MR) is 172 cm³/mol. The van der Waals surface area contributed by atoms with Gasteiger partial charge in [0.1, 0.15) is 0 Å². The van der Waals surface area contributed by atoms with E-state index < -0.39 is 36.8 Å². The van der Waals surface area contributed by atoms with Gasteiger partial charge in [-0.15, -0.1) is 0 Å². The molecule has 35 heavy (non-hydrogen) atoms. The average Bonchev–Trinajstić information content (AvgIpc) is 3.07. The Balaban J connectivity index is 2.11. The molecule has 194 valence electrons. The third-order valence-corrected chi connectivity index (χ3v) is 20.9. The molecule has 0 spiro atoms. The van der Waals surface area contributed by atoms with Crippen molar-refractivity contribution in [3.05, 3.63) is 47.5 Å². The molecule has 0 atom stereocenters. The van der Waals surface area contributed by atoms with Crippen LogP contribution in [0.25, 0.3) is 11.1 Å². The van der Waals surface area contributed by atoms with Crippen molar-refractivity contribution in [3.8, 4) is 11.1 Å². The summed E-state index contributed by atoms with van der Waals surface area (Å²) in [7, 11) is 0. The van der Waals surface area contributed by atoms with E-state index in [0.29, 0.717) is 0 Å². The summed E-state index contributed by atoms with van der Waals surface area (Å²) in [4.78, 5) is 15.5. The van der Waals surface area contributed by atoms with Crippen molar-refractivity contribution in [1.29, 1.82) is 0 Å². The number of hydrogen-bond acceptors (Lipinski definition) is 0. The first kappa shape index (κ1) is 30.5. The Morgan fingerprint density at radius 2 is 0.914 bits per heavy atom. The van der Waals surface area contributed by atoms with E-state index in [0.717, 1.165) is 10.7 Å². The van der Waals surface area contributed by atoms with Gasteiger partial charge in [0.15, 0.2) is 0 Å². The number of unbranched alkanes of at least 4 members (excludes halogenated alkanes) is 6. The molecular weight excluding hydrogens is 770 g/mol. The summed E-state index contributed by atoms with van der Waals surface area (Å²) in [6.45, 7) is 0. The molecular formula is C31H48Br2Sn2. The van der Waals surface area contributed by atoms with Gasteiger partial charge in [-0.3, -0.25) is 0 Å². The van der Waals surface area contributed by atoms with Crippen molar-refractivity contribution in [2.24, 2.45) is 0 Å². The molecule has 0 unspecified atom stereocenters. The minimum atomic E-state index is -2.18. The molecule has 0 aliphatic heterocycles. The topological polar surface area (TPSA) is 0 Å². The molecule has 0 heterocycles. The monoisotopic (exact) mass is 818 g/mol. The third-order valence-electron chi connectivity index (χ3n) is 8.07.